The number of aliphatic imine (C=N–C) groups is 1. The summed E-state index contributed by atoms with van der Waals surface area (Å²) in [6.07, 6.45) is 5.26. The minimum absolute atomic E-state index is 0.754. The lowest BCUT2D eigenvalue weighted by atomic mass is 10.1. The van der Waals surface area contributed by atoms with Crippen molar-refractivity contribution in [2.45, 2.75) is 6.54 Å². The average molecular weight is 282 g/mol. The maximum absolute atomic E-state index is 4.25. The first-order valence-corrected chi connectivity index (χ1v) is 6.92. The highest BCUT2D eigenvalue weighted by Crippen LogP contribution is 2.28. The molecule has 4 rings (SSSR count). The lowest BCUT2D eigenvalue weighted by Gasteiger charge is -2.03. The molecule has 0 saturated carbocycles. The van der Waals surface area contributed by atoms with E-state index >= 15 is 0 Å². The molecule has 20 heavy (non-hydrogen) atoms. The smallest absolute Gasteiger partial charge is 0.210 e. The first-order chi connectivity index (χ1) is 9.88. The number of benzene rings is 1. The topological polar surface area (TPSA) is 78.8 Å². The summed E-state index contributed by atoms with van der Waals surface area (Å²) in [6.45, 7) is 0.776. The van der Waals surface area contributed by atoms with Gasteiger partial charge in [-0.2, -0.15) is 0 Å². The minimum atomic E-state index is 0.754. The molecular formula is C13H10N6S. The van der Waals surface area contributed by atoms with Crippen LogP contribution in [0.5, 0.6) is 0 Å². The molecule has 0 unspecified atom stereocenters. The normalized spacial score (nSPS) is 12.6. The molecule has 7 heteroatoms. The van der Waals surface area contributed by atoms with Crippen molar-refractivity contribution in [1.29, 1.82) is 0 Å². The minimum Gasteiger partial charge on any atom is -0.343 e. The van der Waals surface area contributed by atoms with E-state index in [0.717, 1.165) is 33.6 Å². The van der Waals surface area contributed by atoms with Crippen LogP contribution in [0.3, 0.4) is 0 Å². The van der Waals surface area contributed by atoms with Crippen molar-refractivity contribution in [1.82, 2.24) is 20.2 Å². The molecule has 98 valence electrons. The molecule has 0 atom stereocenters. The van der Waals surface area contributed by atoms with E-state index in [1.807, 2.05) is 12.3 Å². The van der Waals surface area contributed by atoms with Crippen LogP contribution in [0.1, 0.15) is 11.1 Å². The molecule has 1 aliphatic heterocycles. The predicted octanol–water partition coefficient (Wildman–Crippen LogP) is 2.60. The molecule has 0 amide bonds. The molecule has 1 aromatic carbocycles. The maximum atomic E-state index is 4.25. The molecule has 3 heterocycles. The van der Waals surface area contributed by atoms with E-state index in [2.05, 4.69) is 42.6 Å². The molecule has 6 nitrogen and oxygen atoms in total. The molecule has 1 aliphatic rings. The van der Waals surface area contributed by atoms with Gasteiger partial charge in [0, 0.05) is 11.9 Å². The third kappa shape index (κ3) is 1.97. The second-order valence-electron chi connectivity index (χ2n) is 4.39. The molecule has 0 bridgehead atoms. The van der Waals surface area contributed by atoms with E-state index < -0.39 is 0 Å². The third-order valence-corrected chi connectivity index (χ3v) is 3.91. The van der Waals surface area contributed by atoms with Gasteiger partial charge in [-0.3, -0.25) is 4.99 Å². The fraction of sp³-hybridized carbons (Fsp3) is 0.0769. The van der Waals surface area contributed by atoms with E-state index in [9.17, 15) is 0 Å². The van der Waals surface area contributed by atoms with Crippen LogP contribution < -0.4 is 5.32 Å². The number of imidazole rings is 1. The number of hydrogen-bond donors (Lipinski definition) is 2. The van der Waals surface area contributed by atoms with Crippen molar-refractivity contribution in [3.63, 3.8) is 0 Å². The SMILES string of the molecule is C1=NCc2ccc(Nc3nnc(-c4cnc[nH]4)s3)cc21. The van der Waals surface area contributed by atoms with Crippen LogP contribution in [0.2, 0.25) is 0 Å². The summed E-state index contributed by atoms with van der Waals surface area (Å²) in [4.78, 5) is 11.2. The summed E-state index contributed by atoms with van der Waals surface area (Å²) in [5.41, 5.74) is 4.28. The summed E-state index contributed by atoms with van der Waals surface area (Å²) < 4.78 is 0. The van der Waals surface area contributed by atoms with Crippen LogP contribution in [0.15, 0.2) is 35.7 Å². The predicted molar refractivity (Wildman–Crippen MR) is 78.5 cm³/mol. The Labute approximate surface area is 118 Å². The number of anilines is 2. The van der Waals surface area contributed by atoms with Crippen LogP contribution >= 0.6 is 11.3 Å². The van der Waals surface area contributed by atoms with E-state index in [4.69, 9.17) is 0 Å². The summed E-state index contributed by atoms with van der Waals surface area (Å²) in [7, 11) is 0. The van der Waals surface area contributed by atoms with Gasteiger partial charge in [0.2, 0.25) is 5.13 Å². The van der Waals surface area contributed by atoms with Crippen molar-refractivity contribution in [2.24, 2.45) is 4.99 Å². The highest BCUT2D eigenvalue weighted by atomic mass is 32.1. The Balaban J connectivity index is 1.59. The summed E-state index contributed by atoms with van der Waals surface area (Å²) in [5, 5.41) is 13.1. The van der Waals surface area contributed by atoms with Crippen LogP contribution in [0.25, 0.3) is 10.7 Å². The van der Waals surface area contributed by atoms with Gasteiger partial charge in [-0.05, 0) is 23.3 Å². The van der Waals surface area contributed by atoms with Gasteiger partial charge in [0.15, 0.2) is 5.01 Å². The zero-order chi connectivity index (χ0) is 13.4. The molecule has 2 N–H and O–H groups in total. The Morgan fingerprint density at radius 1 is 1.25 bits per heavy atom. The number of rotatable bonds is 3. The summed E-state index contributed by atoms with van der Waals surface area (Å²) in [6, 6.07) is 6.19. The van der Waals surface area contributed by atoms with Gasteiger partial charge in [0.1, 0.15) is 0 Å². The van der Waals surface area contributed by atoms with Crippen molar-refractivity contribution >= 4 is 28.4 Å². The number of hydrogen-bond acceptors (Lipinski definition) is 6. The molecule has 0 spiro atoms. The number of H-pyrrole nitrogens is 1. The molecule has 0 radical (unpaired) electrons. The molecule has 0 aliphatic carbocycles. The van der Waals surface area contributed by atoms with Crippen LogP contribution in [0.4, 0.5) is 10.8 Å². The lowest BCUT2D eigenvalue weighted by Crippen LogP contribution is -1.92. The van der Waals surface area contributed by atoms with E-state index in [1.54, 1.807) is 12.5 Å². The highest BCUT2D eigenvalue weighted by Gasteiger charge is 2.10. The molecule has 3 aromatic rings. The Morgan fingerprint density at radius 3 is 3.15 bits per heavy atom. The van der Waals surface area contributed by atoms with Crippen molar-refractivity contribution < 1.29 is 0 Å². The van der Waals surface area contributed by atoms with Gasteiger partial charge < -0.3 is 10.3 Å². The number of nitrogens with one attached hydrogen (secondary N) is 2. The summed E-state index contributed by atoms with van der Waals surface area (Å²) >= 11 is 1.48. The fourth-order valence-corrected chi connectivity index (χ4v) is 2.80. The Morgan fingerprint density at radius 2 is 2.25 bits per heavy atom. The average Bonchev–Trinajstić information content (AvgIpc) is 3.19. The lowest BCUT2D eigenvalue weighted by molar-refractivity contribution is 1.09. The zero-order valence-electron chi connectivity index (χ0n) is 10.4. The standard InChI is InChI=1S/C13H10N6S/c1-2-10(3-9-5-14-4-8(1)9)17-13-19-18-12(20-13)11-6-15-7-16-11/h1-3,5-7H,4H2,(H,15,16)(H,17,19). The van der Waals surface area contributed by atoms with Gasteiger partial charge in [0.25, 0.3) is 0 Å². The largest absolute Gasteiger partial charge is 0.343 e. The maximum Gasteiger partial charge on any atom is 0.210 e. The zero-order valence-corrected chi connectivity index (χ0v) is 11.2. The second-order valence-corrected chi connectivity index (χ2v) is 5.36. The number of aromatic nitrogens is 4. The molecule has 0 saturated heterocycles. The van der Waals surface area contributed by atoms with Gasteiger partial charge in [-0.15, -0.1) is 10.2 Å². The fourth-order valence-electron chi connectivity index (χ4n) is 2.06. The van der Waals surface area contributed by atoms with Crippen LogP contribution in [0, 0.1) is 0 Å². The first-order valence-electron chi connectivity index (χ1n) is 6.10. The van der Waals surface area contributed by atoms with Crippen molar-refractivity contribution in [2.75, 3.05) is 5.32 Å². The van der Waals surface area contributed by atoms with E-state index in [1.165, 1.54) is 16.9 Å². The van der Waals surface area contributed by atoms with Crippen molar-refractivity contribution in [3.8, 4) is 10.7 Å². The molecule has 2 aromatic heterocycles. The Hall–Kier alpha value is -2.54. The van der Waals surface area contributed by atoms with Gasteiger partial charge in [-0.25, -0.2) is 4.98 Å². The number of aromatic amines is 1. The monoisotopic (exact) mass is 282 g/mol. The van der Waals surface area contributed by atoms with Gasteiger partial charge in [-0.1, -0.05) is 17.4 Å². The van der Waals surface area contributed by atoms with Gasteiger partial charge >= 0.3 is 0 Å². The van der Waals surface area contributed by atoms with Crippen LogP contribution in [-0.4, -0.2) is 26.4 Å². The molecule has 0 fully saturated rings. The number of fused-ring (bicyclic) bond motifs is 1. The second kappa shape index (κ2) is 4.53. The Kier molecular flexibility index (Phi) is 2.56. The number of nitrogens with zero attached hydrogens (tertiary/aromatic N) is 4. The van der Waals surface area contributed by atoms with E-state index in [0.29, 0.717) is 0 Å². The Bertz CT molecular complexity index is 774. The van der Waals surface area contributed by atoms with E-state index in [-0.39, 0.29) is 0 Å². The van der Waals surface area contributed by atoms with Crippen LogP contribution in [-0.2, 0) is 6.54 Å². The first kappa shape index (κ1) is 11.3. The highest BCUT2D eigenvalue weighted by molar-refractivity contribution is 7.18. The quantitative estimate of drug-likeness (QED) is 0.774. The molecular weight excluding hydrogens is 272 g/mol. The third-order valence-electron chi connectivity index (χ3n) is 3.04. The van der Waals surface area contributed by atoms with Gasteiger partial charge in [0.05, 0.1) is 24.8 Å². The van der Waals surface area contributed by atoms with Crippen molar-refractivity contribution in [3.05, 3.63) is 41.9 Å². The summed E-state index contributed by atoms with van der Waals surface area (Å²) in [5.74, 6) is 0.